The Morgan fingerprint density at radius 2 is 1.18 bits per heavy atom. The van der Waals surface area contributed by atoms with Crippen molar-refractivity contribution >= 4 is 5.91 Å². The van der Waals surface area contributed by atoms with Gasteiger partial charge >= 0.3 is 0 Å². The summed E-state index contributed by atoms with van der Waals surface area (Å²) in [6.45, 7) is 1.35. The molecule has 1 aliphatic heterocycles. The van der Waals surface area contributed by atoms with Crippen molar-refractivity contribution in [2.75, 3.05) is 13.2 Å². The number of hydrogen-bond acceptors (Lipinski definition) is 9. The molecule has 5 unspecified atom stereocenters. The minimum absolute atomic E-state index is 0.247. The summed E-state index contributed by atoms with van der Waals surface area (Å²) >= 11 is 0. The van der Waals surface area contributed by atoms with E-state index in [2.05, 4.69) is 12.2 Å². The van der Waals surface area contributed by atoms with Crippen LogP contribution in [0, 0.1) is 23.2 Å². The van der Waals surface area contributed by atoms with E-state index >= 15 is 0 Å². The second-order valence-electron chi connectivity index (χ2n) is 18.7. The summed E-state index contributed by atoms with van der Waals surface area (Å²) in [5, 5.41) is 65.3. The maximum absolute atomic E-state index is 13.1. The highest BCUT2D eigenvalue weighted by Crippen LogP contribution is 2.61. The average Bonchev–Trinajstić information content (AvgIpc) is 3.16. The van der Waals surface area contributed by atoms with E-state index in [0.29, 0.717) is 18.3 Å². The molecule has 10 heteroatoms. The maximum atomic E-state index is 13.1. The summed E-state index contributed by atoms with van der Waals surface area (Å²) in [6.07, 6.45) is 25.2. The molecule has 1 heterocycles. The second kappa shape index (κ2) is 25.6. The maximum Gasteiger partial charge on any atom is 0.220 e. The number of hydrogen-bond donors (Lipinski definition) is 7. The van der Waals surface area contributed by atoms with Gasteiger partial charge in [-0.05, 0) is 81.0 Å². The number of unbranched alkanes of at least 4 members (excludes halogenated alkanes) is 18. The van der Waals surface area contributed by atoms with Crippen molar-refractivity contribution in [3.63, 3.8) is 0 Å². The number of carbonyl (C=O) groups is 1. The van der Waals surface area contributed by atoms with Crippen molar-refractivity contribution in [3.05, 3.63) is 0 Å². The molecule has 5 aliphatic rings. The van der Waals surface area contributed by atoms with Crippen molar-refractivity contribution in [2.45, 2.75) is 242 Å². The molecule has 0 aromatic heterocycles. The zero-order chi connectivity index (χ0) is 39.5. The summed E-state index contributed by atoms with van der Waals surface area (Å²) in [5.74, 6) is 2.86. The molecule has 0 spiro atoms. The van der Waals surface area contributed by atoms with Gasteiger partial charge in [0.25, 0.3) is 0 Å². The van der Waals surface area contributed by atoms with Gasteiger partial charge in [0, 0.05) is 6.42 Å². The largest absolute Gasteiger partial charge is 0.394 e. The third kappa shape index (κ3) is 16.0. The lowest BCUT2D eigenvalue weighted by Crippen LogP contribution is -2.60. The lowest BCUT2D eigenvalue weighted by atomic mass is 9.48. The zero-order valence-electron chi connectivity index (χ0n) is 34.7. The van der Waals surface area contributed by atoms with Gasteiger partial charge < -0.3 is 45.4 Å². The molecule has 5 fully saturated rings. The number of nitrogens with one attached hydrogen (secondary N) is 1. The SMILES string of the molecule is CCCCCCCCCCCCCC[C@@H](O)[C@@H](O)[C@H](COC1OC(CO)C(O)C(O)C1O)NC(=O)CCCCCCCCCC[C@]12CC3CC(C[C@@H](C3)C1)C2. The van der Waals surface area contributed by atoms with Crippen molar-refractivity contribution in [1.29, 1.82) is 0 Å². The van der Waals surface area contributed by atoms with Crippen LogP contribution in [0.2, 0.25) is 0 Å². The number of rotatable bonds is 31. The summed E-state index contributed by atoms with van der Waals surface area (Å²) in [7, 11) is 0. The van der Waals surface area contributed by atoms with Gasteiger partial charge in [-0.1, -0.05) is 129 Å². The molecule has 0 aromatic rings. The average molecular weight is 782 g/mol. The lowest BCUT2D eigenvalue weighted by molar-refractivity contribution is -0.303. The quantitative estimate of drug-likeness (QED) is 0.0359. The van der Waals surface area contributed by atoms with Gasteiger partial charge in [0.05, 0.1) is 25.4 Å². The van der Waals surface area contributed by atoms with Crippen molar-refractivity contribution < 1.29 is 44.9 Å². The Morgan fingerprint density at radius 1 is 0.691 bits per heavy atom. The molecule has 4 saturated carbocycles. The van der Waals surface area contributed by atoms with Gasteiger partial charge in [0.2, 0.25) is 5.91 Å². The molecule has 4 bridgehead atoms. The Balaban J connectivity index is 1.10. The van der Waals surface area contributed by atoms with Crippen LogP contribution in [0.1, 0.15) is 193 Å². The van der Waals surface area contributed by atoms with Crippen LogP contribution in [0.4, 0.5) is 0 Å². The third-order valence-electron chi connectivity index (χ3n) is 13.8. The Morgan fingerprint density at radius 3 is 1.71 bits per heavy atom. The smallest absolute Gasteiger partial charge is 0.220 e. The van der Waals surface area contributed by atoms with E-state index in [0.717, 1.165) is 56.3 Å². The van der Waals surface area contributed by atoms with E-state index in [1.165, 1.54) is 135 Å². The predicted molar refractivity (Wildman–Crippen MR) is 216 cm³/mol. The molecule has 0 aromatic carbocycles. The van der Waals surface area contributed by atoms with Gasteiger partial charge in [-0.3, -0.25) is 4.79 Å². The molecule has 4 aliphatic carbocycles. The predicted octanol–water partition coefficient (Wildman–Crippen LogP) is 7.22. The minimum atomic E-state index is -1.60. The van der Waals surface area contributed by atoms with Crippen molar-refractivity contribution in [1.82, 2.24) is 5.32 Å². The summed E-state index contributed by atoms with van der Waals surface area (Å²) in [6, 6.07) is -0.981. The van der Waals surface area contributed by atoms with E-state index in [1.807, 2.05) is 0 Å². The molecule has 5 rings (SSSR count). The monoisotopic (exact) mass is 782 g/mol. The topological polar surface area (TPSA) is 169 Å². The number of ether oxygens (including phenoxy) is 2. The highest BCUT2D eigenvalue weighted by Gasteiger charge is 2.50. The van der Waals surface area contributed by atoms with Crippen LogP contribution in [0.25, 0.3) is 0 Å². The fraction of sp³-hybridized carbons (Fsp3) is 0.978. The van der Waals surface area contributed by atoms with Crippen molar-refractivity contribution in [2.24, 2.45) is 23.2 Å². The Bertz CT molecular complexity index is 993. The van der Waals surface area contributed by atoms with E-state index in [4.69, 9.17) is 9.47 Å². The first kappa shape index (κ1) is 46.8. The lowest BCUT2D eigenvalue weighted by Gasteiger charge is -2.57. The molecule has 0 radical (unpaired) electrons. The van der Waals surface area contributed by atoms with Gasteiger partial charge in [-0.15, -0.1) is 0 Å². The molecule has 8 atom stereocenters. The van der Waals surface area contributed by atoms with Crippen LogP contribution >= 0.6 is 0 Å². The summed E-state index contributed by atoms with van der Waals surface area (Å²) in [5.41, 5.74) is 0.695. The van der Waals surface area contributed by atoms with Crippen LogP contribution in [0.3, 0.4) is 0 Å². The number of amides is 1. The molecule has 1 amide bonds. The van der Waals surface area contributed by atoms with E-state index < -0.39 is 55.6 Å². The molecule has 55 heavy (non-hydrogen) atoms. The van der Waals surface area contributed by atoms with Gasteiger partial charge in [0.1, 0.15) is 30.5 Å². The number of carbonyl (C=O) groups excluding carboxylic acids is 1. The van der Waals surface area contributed by atoms with Crippen LogP contribution in [-0.2, 0) is 14.3 Å². The van der Waals surface area contributed by atoms with Gasteiger partial charge in [0.15, 0.2) is 6.29 Å². The van der Waals surface area contributed by atoms with Crippen LogP contribution < -0.4 is 5.32 Å². The third-order valence-corrected chi connectivity index (χ3v) is 13.8. The number of aliphatic hydroxyl groups is 6. The molecular formula is C45H83NO9. The highest BCUT2D eigenvalue weighted by atomic mass is 16.7. The minimum Gasteiger partial charge on any atom is -0.394 e. The van der Waals surface area contributed by atoms with Gasteiger partial charge in [-0.25, -0.2) is 0 Å². The first-order valence-corrected chi connectivity index (χ1v) is 23.2. The van der Waals surface area contributed by atoms with E-state index in [9.17, 15) is 35.4 Å². The van der Waals surface area contributed by atoms with E-state index in [-0.39, 0.29) is 12.5 Å². The first-order valence-electron chi connectivity index (χ1n) is 23.2. The van der Waals surface area contributed by atoms with Crippen LogP contribution in [-0.4, -0.2) is 98.7 Å². The second-order valence-corrected chi connectivity index (χ2v) is 18.7. The Kier molecular flexibility index (Phi) is 21.8. The molecule has 7 N–H and O–H groups in total. The summed E-state index contributed by atoms with van der Waals surface area (Å²) in [4.78, 5) is 13.1. The zero-order valence-corrected chi connectivity index (χ0v) is 34.7. The van der Waals surface area contributed by atoms with Crippen molar-refractivity contribution in [3.8, 4) is 0 Å². The fourth-order valence-corrected chi connectivity index (χ4v) is 11.0. The molecule has 322 valence electrons. The molecular weight excluding hydrogens is 698 g/mol. The normalized spacial score (nSPS) is 31.8. The fourth-order valence-electron chi connectivity index (χ4n) is 11.0. The Hall–Kier alpha value is -0.850. The number of aliphatic hydroxyl groups excluding tert-OH is 6. The molecule has 10 nitrogen and oxygen atoms in total. The first-order chi connectivity index (χ1) is 26.6. The van der Waals surface area contributed by atoms with Gasteiger partial charge in [-0.2, -0.15) is 0 Å². The summed E-state index contributed by atoms with van der Waals surface area (Å²) < 4.78 is 11.2. The van der Waals surface area contributed by atoms with Crippen LogP contribution in [0.15, 0.2) is 0 Å². The van der Waals surface area contributed by atoms with E-state index in [1.54, 1.807) is 0 Å². The molecule has 1 saturated heterocycles. The van der Waals surface area contributed by atoms with Crippen LogP contribution in [0.5, 0.6) is 0 Å². The highest BCUT2D eigenvalue weighted by molar-refractivity contribution is 5.76. The Labute approximate surface area is 333 Å². The standard InChI is InChI=1S/C45H83NO9/c1-2-3-4-5-6-7-8-9-10-13-16-19-22-37(48)40(50)36(32-54-44-43(53)42(52)41(51)38(31-47)55-44)46-39(49)23-20-17-14-11-12-15-18-21-24-45-28-33-25-34(29-45)27-35(26-33)30-45/h33-38,40-44,47-48,50-53H,2-32H2,1H3,(H,46,49)/t33-,34?,35?,36-,37+,38?,40-,41?,42?,43?,44?,45-/m0/s1.